The largest absolute Gasteiger partial charge is 0.474 e. The van der Waals surface area contributed by atoms with Crippen LogP contribution in [0.1, 0.15) is 43.2 Å². The van der Waals surface area contributed by atoms with Crippen LogP contribution in [0.25, 0.3) is 0 Å². The van der Waals surface area contributed by atoms with Crippen molar-refractivity contribution in [3.05, 3.63) is 53.0 Å². The third-order valence-electron chi connectivity index (χ3n) is 8.20. The molecule has 3 aromatic rings. The molecule has 0 bridgehead atoms. The average molecular weight is 631 g/mol. The molecule has 6 rings (SSSR count). The Morgan fingerprint density at radius 2 is 1.83 bits per heavy atom. The van der Waals surface area contributed by atoms with Gasteiger partial charge in [0.1, 0.15) is 17.9 Å². The zero-order valence-corrected chi connectivity index (χ0v) is 27.2. The number of aromatic nitrogens is 3. The number of nitrogens with one attached hydrogen (secondary N) is 2. The number of morpholine rings is 1. The summed E-state index contributed by atoms with van der Waals surface area (Å²) in [6.45, 7) is 14.8. The predicted molar refractivity (Wildman–Crippen MR) is 175 cm³/mol. The van der Waals surface area contributed by atoms with E-state index in [1.165, 1.54) is 0 Å². The number of carbonyl (C=O) groups is 2. The molecule has 0 spiro atoms. The fourth-order valence-electron chi connectivity index (χ4n) is 5.88. The third kappa shape index (κ3) is 7.15. The van der Waals surface area contributed by atoms with Crippen LogP contribution in [-0.4, -0.2) is 90.0 Å². The predicted octanol–water partition coefficient (Wildman–Crippen LogP) is 4.20. The van der Waals surface area contributed by atoms with Crippen LogP contribution in [0, 0.1) is 13.8 Å². The normalized spacial score (nSPS) is 16.6. The number of hydrogen-bond acceptors (Lipinski definition) is 11. The van der Waals surface area contributed by atoms with Crippen molar-refractivity contribution >= 4 is 40.7 Å². The fraction of sp³-hybridized carbons (Fsp3) is 0.485. The summed E-state index contributed by atoms with van der Waals surface area (Å²) in [5, 5.41) is 6.35. The lowest BCUT2D eigenvalue weighted by Crippen LogP contribution is -2.42. The monoisotopic (exact) mass is 630 g/mol. The first-order chi connectivity index (χ1) is 22.0. The van der Waals surface area contributed by atoms with E-state index in [4.69, 9.17) is 19.2 Å². The first kappa shape index (κ1) is 31.5. The summed E-state index contributed by atoms with van der Waals surface area (Å²) in [5.41, 5.74) is 6.40. The van der Waals surface area contributed by atoms with Crippen LogP contribution < -0.4 is 25.2 Å². The molecule has 1 fully saturated rings. The number of hydrogen-bond donors (Lipinski definition) is 2. The molecule has 13 nitrogen and oxygen atoms in total. The number of anilines is 5. The lowest BCUT2D eigenvalue weighted by Gasteiger charge is -2.35. The summed E-state index contributed by atoms with van der Waals surface area (Å²) in [5.74, 6) is 0.888. The van der Waals surface area contributed by atoms with Crippen molar-refractivity contribution in [3.63, 3.8) is 0 Å². The molecular formula is C33H42N8O5. The third-order valence-corrected chi connectivity index (χ3v) is 8.20. The first-order valence-electron chi connectivity index (χ1n) is 15.7. The van der Waals surface area contributed by atoms with E-state index < -0.39 is 11.7 Å². The second-order valence-electron chi connectivity index (χ2n) is 12.8. The molecular weight excluding hydrogens is 588 g/mol. The van der Waals surface area contributed by atoms with Crippen molar-refractivity contribution in [2.24, 2.45) is 0 Å². The lowest BCUT2D eigenvalue weighted by atomic mass is 10.0. The maximum Gasteiger partial charge on any atom is 0.415 e. The molecule has 1 aromatic carbocycles. The number of benzene rings is 1. The van der Waals surface area contributed by atoms with Crippen molar-refractivity contribution in [2.75, 3.05) is 73.0 Å². The summed E-state index contributed by atoms with van der Waals surface area (Å²) in [7, 11) is 0. The minimum Gasteiger partial charge on any atom is -0.474 e. The molecule has 3 aliphatic rings. The number of rotatable bonds is 6. The maximum absolute atomic E-state index is 13.1. The van der Waals surface area contributed by atoms with Gasteiger partial charge in [-0.25, -0.2) is 19.7 Å². The topological polar surface area (TPSA) is 134 Å². The van der Waals surface area contributed by atoms with Gasteiger partial charge in [-0.2, -0.15) is 0 Å². The van der Waals surface area contributed by atoms with Crippen molar-refractivity contribution in [1.29, 1.82) is 0 Å². The van der Waals surface area contributed by atoms with Crippen LogP contribution >= 0.6 is 0 Å². The second kappa shape index (κ2) is 13.1. The second-order valence-corrected chi connectivity index (χ2v) is 12.8. The molecule has 2 aromatic heterocycles. The molecule has 0 atom stereocenters. The van der Waals surface area contributed by atoms with Crippen molar-refractivity contribution < 1.29 is 23.8 Å². The maximum atomic E-state index is 13.1. The molecule has 0 saturated carbocycles. The Hall–Kier alpha value is -4.49. The number of ether oxygens (including phenoxy) is 3. The van der Waals surface area contributed by atoms with E-state index in [0.29, 0.717) is 57.0 Å². The summed E-state index contributed by atoms with van der Waals surface area (Å²) in [6, 6.07) is 5.78. The highest BCUT2D eigenvalue weighted by atomic mass is 16.6. The Labute approximate surface area is 269 Å². The zero-order chi connectivity index (χ0) is 32.4. The average Bonchev–Trinajstić information content (AvgIpc) is 3.01. The molecule has 244 valence electrons. The van der Waals surface area contributed by atoms with Crippen LogP contribution in [0.3, 0.4) is 0 Å². The van der Waals surface area contributed by atoms with Gasteiger partial charge in [-0.3, -0.25) is 14.6 Å². The Bertz CT molecular complexity index is 1620. The number of nitrogens with zero attached hydrogens (tertiary/aromatic N) is 6. The van der Waals surface area contributed by atoms with E-state index in [1.807, 2.05) is 65.2 Å². The number of pyridine rings is 1. The first-order valence-corrected chi connectivity index (χ1v) is 15.7. The molecule has 46 heavy (non-hydrogen) atoms. The molecule has 1 saturated heterocycles. The lowest BCUT2D eigenvalue weighted by molar-refractivity contribution is -0.118. The van der Waals surface area contributed by atoms with Gasteiger partial charge in [0.15, 0.2) is 0 Å². The summed E-state index contributed by atoms with van der Waals surface area (Å²) in [6.07, 6.45) is 4.05. The van der Waals surface area contributed by atoms with Gasteiger partial charge >= 0.3 is 6.09 Å². The van der Waals surface area contributed by atoms with Gasteiger partial charge in [0.2, 0.25) is 17.7 Å². The number of carbonyl (C=O) groups excluding carboxylic acids is 2. The molecule has 0 radical (unpaired) electrons. The summed E-state index contributed by atoms with van der Waals surface area (Å²) < 4.78 is 16.9. The highest BCUT2D eigenvalue weighted by Gasteiger charge is 2.33. The zero-order valence-electron chi connectivity index (χ0n) is 27.2. The van der Waals surface area contributed by atoms with E-state index in [2.05, 4.69) is 30.4 Å². The number of amides is 2. The molecule has 2 amide bonds. The Kier molecular flexibility index (Phi) is 8.96. The van der Waals surface area contributed by atoms with Gasteiger partial charge in [0.25, 0.3) is 0 Å². The van der Waals surface area contributed by atoms with E-state index in [1.54, 1.807) is 4.90 Å². The standard InChI is InChI=1S/C33H42N8O5/c1-21-16-24(6-7-25(21)37-28(42)20-39-10-13-44-14-11-39)36-31-35-17-23-8-9-40(19-26(23)38-31)27-18-34-30-29(22(27)2)41(12-15-45-30)32(43)46-33(3,4)5/h6-7,16-18H,8-15,19-20H2,1-5H3,(H,37,42)(H,35,36,38). The van der Waals surface area contributed by atoms with Gasteiger partial charge in [-0.05, 0) is 70.4 Å². The smallest absolute Gasteiger partial charge is 0.415 e. The minimum atomic E-state index is -0.615. The van der Waals surface area contributed by atoms with Crippen LogP contribution in [0.5, 0.6) is 5.88 Å². The minimum absolute atomic E-state index is 0.0391. The van der Waals surface area contributed by atoms with Gasteiger partial charge < -0.3 is 29.7 Å². The van der Waals surface area contributed by atoms with Crippen molar-refractivity contribution in [3.8, 4) is 5.88 Å². The summed E-state index contributed by atoms with van der Waals surface area (Å²) in [4.78, 5) is 45.7. The molecule has 0 unspecified atom stereocenters. The van der Waals surface area contributed by atoms with E-state index in [9.17, 15) is 9.59 Å². The van der Waals surface area contributed by atoms with Crippen LogP contribution in [0.2, 0.25) is 0 Å². The van der Waals surface area contributed by atoms with Crippen molar-refractivity contribution in [1.82, 2.24) is 19.9 Å². The van der Waals surface area contributed by atoms with Gasteiger partial charge in [0.05, 0.1) is 50.4 Å². The van der Waals surface area contributed by atoms with Gasteiger partial charge in [0, 0.05) is 42.8 Å². The van der Waals surface area contributed by atoms with Crippen LogP contribution in [-0.2, 0) is 27.2 Å². The molecule has 0 aliphatic carbocycles. The van der Waals surface area contributed by atoms with Crippen molar-refractivity contribution in [2.45, 2.75) is 53.2 Å². The number of aryl methyl sites for hydroxylation is 1. The molecule has 5 heterocycles. The van der Waals surface area contributed by atoms with Crippen LogP contribution in [0.15, 0.2) is 30.6 Å². The Balaban J connectivity index is 1.14. The van der Waals surface area contributed by atoms with E-state index >= 15 is 0 Å². The van der Waals surface area contributed by atoms with Gasteiger partial charge in [-0.1, -0.05) is 0 Å². The molecule has 13 heteroatoms. The highest BCUT2D eigenvalue weighted by Crippen LogP contribution is 2.40. The molecule has 2 N–H and O–H groups in total. The fourth-order valence-corrected chi connectivity index (χ4v) is 5.88. The Morgan fingerprint density at radius 3 is 2.59 bits per heavy atom. The van der Waals surface area contributed by atoms with E-state index in [-0.39, 0.29) is 5.91 Å². The Morgan fingerprint density at radius 1 is 1.02 bits per heavy atom. The quantitative estimate of drug-likeness (QED) is 0.406. The number of fused-ring (bicyclic) bond motifs is 2. The van der Waals surface area contributed by atoms with E-state index in [0.717, 1.165) is 65.5 Å². The van der Waals surface area contributed by atoms with Gasteiger partial charge in [-0.15, -0.1) is 0 Å². The van der Waals surface area contributed by atoms with Crippen LogP contribution in [0.4, 0.5) is 33.5 Å². The highest BCUT2D eigenvalue weighted by molar-refractivity contribution is 5.93. The molecule has 3 aliphatic heterocycles. The SMILES string of the molecule is Cc1cc(Nc2ncc3c(n2)CN(c2cnc4c(c2C)N(C(=O)OC(C)(C)C)CCO4)CC3)ccc1NC(=O)CN1CCOCC1. The summed E-state index contributed by atoms with van der Waals surface area (Å²) >= 11 is 0.